The van der Waals surface area contributed by atoms with E-state index < -0.39 is 65.5 Å². The largest absolute Gasteiger partial charge is 0.508 e. The molecule has 7 rings (SSSR count). The summed E-state index contributed by atoms with van der Waals surface area (Å²) in [5.41, 5.74) is 7.38. The summed E-state index contributed by atoms with van der Waals surface area (Å²) in [6, 6.07) is 11.0. The van der Waals surface area contributed by atoms with Crippen molar-refractivity contribution in [3.63, 3.8) is 0 Å². The van der Waals surface area contributed by atoms with Gasteiger partial charge in [-0.2, -0.15) is 0 Å². The Hall–Kier alpha value is -5.70. The molecule has 18 nitrogen and oxygen atoms in total. The van der Waals surface area contributed by atoms with Gasteiger partial charge in [0.15, 0.2) is 5.11 Å². The van der Waals surface area contributed by atoms with Gasteiger partial charge in [-0.1, -0.05) is 13.8 Å². The fourth-order valence-corrected chi connectivity index (χ4v) is 8.10. The summed E-state index contributed by atoms with van der Waals surface area (Å²) in [6.07, 6.45) is -1.04. The van der Waals surface area contributed by atoms with Crippen LogP contribution in [0.1, 0.15) is 68.7 Å². The molecule has 0 radical (unpaired) electrons. The van der Waals surface area contributed by atoms with Crippen molar-refractivity contribution >= 4 is 51.8 Å². The van der Waals surface area contributed by atoms with E-state index in [0.717, 1.165) is 23.6 Å². The highest BCUT2D eigenvalue weighted by molar-refractivity contribution is 7.80. The first-order valence-corrected chi connectivity index (χ1v) is 21.1. The molecular formula is C44H54N6O12S. The number of aromatic nitrogens is 2. The number of aliphatic hydroxyl groups excluding tert-OH is 3. The van der Waals surface area contributed by atoms with Gasteiger partial charge in [0.05, 0.1) is 41.7 Å². The summed E-state index contributed by atoms with van der Waals surface area (Å²) in [5, 5.41) is 46.7. The van der Waals surface area contributed by atoms with Crippen molar-refractivity contribution in [1.29, 1.82) is 0 Å². The number of unbranched alkanes of at least 4 members (excludes halogenated alkanes) is 1. The zero-order valence-corrected chi connectivity index (χ0v) is 36.5. The van der Waals surface area contributed by atoms with Crippen LogP contribution in [0.25, 0.3) is 22.3 Å². The Kier molecular flexibility index (Phi) is 14.7. The van der Waals surface area contributed by atoms with Crippen molar-refractivity contribution in [3.05, 3.63) is 81.1 Å². The van der Waals surface area contributed by atoms with E-state index in [1.807, 2.05) is 6.92 Å². The lowest BCUT2D eigenvalue weighted by Gasteiger charge is -2.35. The quantitative estimate of drug-likeness (QED) is 0.0479. The smallest absolute Gasteiger partial charge is 0.355 e. The number of ether oxygens (including phenoxy) is 4. The zero-order chi connectivity index (χ0) is 45.7. The molecule has 4 aromatic rings. The highest BCUT2D eigenvalue weighted by Crippen LogP contribution is 2.41. The molecule has 6 atom stereocenters. The number of aryl methyl sites for hydroxylation is 1. The molecule has 338 valence electrons. The molecule has 63 heavy (non-hydrogen) atoms. The van der Waals surface area contributed by atoms with E-state index in [2.05, 4.69) is 16.0 Å². The van der Waals surface area contributed by atoms with Crippen LogP contribution in [-0.4, -0.2) is 104 Å². The topological polar surface area (TPSA) is 266 Å². The van der Waals surface area contributed by atoms with Crippen LogP contribution in [0, 0.1) is 12.8 Å². The molecule has 3 aliphatic heterocycles. The highest BCUT2D eigenvalue weighted by atomic mass is 32.1. The van der Waals surface area contributed by atoms with Crippen LogP contribution in [-0.2, 0) is 47.3 Å². The maximum Gasteiger partial charge on any atom is 0.355 e. The monoisotopic (exact) mass is 890 g/mol. The molecule has 0 aliphatic carbocycles. The minimum Gasteiger partial charge on any atom is -0.508 e. The molecular weight excluding hydrogens is 837 g/mol. The number of nitrogens with one attached hydrogen (secondary N) is 3. The van der Waals surface area contributed by atoms with Crippen LogP contribution in [0.4, 0.5) is 5.69 Å². The summed E-state index contributed by atoms with van der Waals surface area (Å²) in [7, 11) is 1.00. The molecule has 2 aromatic heterocycles. The van der Waals surface area contributed by atoms with E-state index in [1.54, 1.807) is 60.9 Å². The number of benzene rings is 2. The Morgan fingerprint density at radius 1 is 1.06 bits per heavy atom. The van der Waals surface area contributed by atoms with Gasteiger partial charge in [-0.3, -0.25) is 9.59 Å². The first kappa shape index (κ1) is 46.8. The predicted molar refractivity (Wildman–Crippen MR) is 235 cm³/mol. The van der Waals surface area contributed by atoms with Crippen molar-refractivity contribution in [1.82, 2.24) is 20.2 Å². The Labute approximate surface area is 368 Å². The SMILES string of the molecule is CO.Cc1c2c(nc3ccc(O)cc13)-c1cc3c(c(=O)n1C2)COC(=O)[C@@]3(C)OC(=O)[C@@H](NC(=O)C(CCCCN)NC(=S)Nc1ccc(O[C@H]2OC[C@@H](O)C[C@@H]2O)cc1)C(C)C. The Morgan fingerprint density at radius 2 is 1.79 bits per heavy atom. The lowest BCUT2D eigenvalue weighted by Crippen LogP contribution is -2.55. The number of rotatable bonds is 13. The number of carbonyl (C=O) groups is 3. The molecule has 0 spiro atoms. The van der Waals surface area contributed by atoms with Gasteiger partial charge in [-0.15, -0.1) is 0 Å². The maximum absolute atomic E-state index is 14.1. The van der Waals surface area contributed by atoms with Crippen molar-refractivity contribution < 1.29 is 53.8 Å². The normalized spacial score (nSPS) is 20.8. The lowest BCUT2D eigenvalue weighted by atomic mass is 9.89. The van der Waals surface area contributed by atoms with Crippen LogP contribution >= 0.6 is 12.2 Å². The molecule has 5 heterocycles. The summed E-state index contributed by atoms with van der Waals surface area (Å²) in [4.78, 5) is 60.6. The number of carbonyl (C=O) groups excluding carboxylic acids is 3. The second kappa shape index (κ2) is 19.8. The summed E-state index contributed by atoms with van der Waals surface area (Å²) in [5.74, 6) is -2.34. The molecule has 1 saturated heterocycles. The number of phenols is 1. The molecule has 2 aromatic carbocycles. The average molecular weight is 891 g/mol. The van der Waals surface area contributed by atoms with Gasteiger partial charge in [0.2, 0.25) is 17.8 Å². The Balaban J connectivity index is 0.00000326. The van der Waals surface area contributed by atoms with Crippen molar-refractivity contribution in [3.8, 4) is 22.9 Å². The number of fused-ring (bicyclic) bond motifs is 5. The van der Waals surface area contributed by atoms with Crippen LogP contribution in [0.15, 0.2) is 53.3 Å². The number of aromatic hydroxyl groups is 1. The first-order valence-electron chi connectivity index (χ1n) is 20.6. The van der Waals surface area contributed by atoms with Gasteiger partial charge in [0, 0.05) is 35.7 Å². The van der Waals surface area contributed by atoms with E-state index in [9.17, 15) is 34.5 Å². The molecule has 0 saturated carbocycles. The number of nitrogens with zero attached hydrogens (tertiary/aromatic N) is 2. The van der Waals surface area contributed by atoms with E-state index in [0.29, 0.717) is 54.1 Å². The molecule has 9 N–H and O–H groups in total. The van der Waals surface area contributed by atoms with Gasteiger partial charge < -0.3 is 65.6 Å². The van der Waals surface area contributed by atoms with Crippen molar-refractivity contribution in [2.45, 2.75) is 103 Å². The van der Waals surface area contributed by atoms with E-state index in [4.69, 9.17) is 47.0 Å². The highest BCUT2D eigenvalue weighted by Gasteiger charge is 2.49. The number of nitrogens with two attached hydrogens (primary N) is 1. The molecule has 1 fully saturated rings. The third-order valence-electron chi connectivity index (χ3n) is 11.3. The van der Waals surface area contributed by atoms with Crippen LogP contribution < -0.4 is 32.0 Å². The van der Waals surface area contributed by atoms with Crippen molar-refractivity contribution in [2.24, 2.45) is 11.7 Å². The second-order valence-corrected chi connectivity index (χ2v) is 16.5. The maximum atomic E-state index is 14.1. The van der Waals surface area contributed by atoms with Crippen LogP contribution in [0.5, 0.6) is 11.5 Å². The fraction of sp³-hybridized carbons (Fsp3) is 0.455. The van der Waals surface area contributed by atoms with Gasteiger partial charge in [0.1, 0.15) is 36.3 Å². The van der Waals surface area contributed by atoms with Crippen LogP contribution in [0.3, 0.4) is 0 Å². The number of hydrogen-bond donors (Lipinski definition) is 8. The lowest BCUT2D eigenvalue weighted by molar-refractivity contribution is -0.198. The molecule has 0 bridgehead atoms. The number of thiocarbonyl (C=S) groups is 1. The number of hydrogen-bond acceptors (Lipinski definition) is 15. The summed E-state index contributed by atoms with van der Waals surface area (Å²) >= 11 is 5.58. The van der Waals surface area contributed by atoms with E-state index in [-0.39, 0.29) is 48.2 Å². The predicted octanol–water partition coefficient (Wildman–Crippen LogP) is 2.33. The standard InChI is InChI=1S/C43H50N6O11S.CH4O/c1-21(2)35(48-37(53)32(7-5-6-14-44)47-42(61)45-23-8-11-26(12-9-23)59-40-34(52)16-25(51)19-57-40)39(55)60-43(4)30-17-33-36-28(18-49(33)38(54)29(30)20-58-41(43)56)22(3)27-15-24(50)10-13-31(27)46-36;1-2/h8-13,15,17,21,25,32,34-35,40,50-52H,5-7,14,16,18-20,44H2,1-4H3,(H,48,53)(H2,45,47,61);2H,1H3/t25-,32?,34-,35-,40+,43-;/m0./s1. The minimum absolute atomic E-state index is 0.0492. The molecule has 19 heteroatoms. The fourth-order valence-electron chi connectivity index (χ4n) is 7.84. The third kappa shape index (κ3) is 9.93. The molecule has 3 aliphatic rings. The minimum atomic E-state index is -2.05. The van der Waals surface area contributed by atoms with Gasteiger partial charge in [0.25, 0.3) is 5.56 Å². The number of phenolic OH excluding ortho intramolecular Hbond substituents is 1. The van der Waals surface area contributed by atoms with Gasteiger partial charge in [-0.05, 0) is 112 Å². The molecule has 1 unspecified atom stereocenters. The first-order chi connectivity index (χ1) is 30.1. The Morgan fingerprint density at radius 3 is 2.48 bits per heavy atom. The van der Waals surface area contributed by atoms with Gasteiger partial charge >= 0.3 is 11.9 Å². The molecule has 1 amide bonds. The van der Waals surface area contributed by atoms with Crippen molar-refractivity contribution in [2.75, 3.05) is 25.6 Å². The van der Waals surface area contributed by atoms with Gasteiger partial charge in [-0.25, -0.2) is 14.6 Å². The second-order valence-electron chi connectivity index (χ2n) is 16.1. The summed E-state index contributed by atoms with van der Waals surface area (Å²) < 4.78 is 24.1. The Bertz CT molecular complexity index is 2430. The average Bonchev–Trinajstić information content (AvgIpc) is 3.63. The zero-order valence-electron chi connectivity index (χ0n) is 35.7. The number of cyclic esters (lactones) is 1. The number of anilines is 1. The number of aliphatic hydroxyl groups is 3. The number of esters is 2. The summed E-state index contributed by atoms with van der Waals surface area (Å²) in [6.45, 7) is 7.05. The van der Waals surface area contributed by atoms with E-state index in [1.165, 1.54) is 13.0 Å². The van der Waals surface area contributed by atoms with E-state index >= 15 is 0 Å². The number of amides is 1. The van der Waals surface area contributed by atoms with Crippen LogP contribution in [0.2, 0.25) is 0 Å². The number of pyridine rings is 2. The third-order valence-corrected chi connectivity index (χ3v) is 11.5.